The number of halogens is 1. The predicted octanol–water partition coefficient (Wildman–Crippen LogP) is 3.43. The molecule has 4 heterocycles. The number of benzene rings is 1. The highest BCUT2D eigenvalue weighted by atomic mass is 35.5. The van der Waals surface area contributed by atoms with Gasteiger partial charge in [-0.25, -0.2) is 23.1 Å². The van der Waals surface area contributed by atoms with Gasteiger partial charge in [-0.15, -0.1) is 10.2 Å². The fraction of sp³-hybridized carbons (Fsp3) is 0.533. The third kappa shape index (κ3) is 8.94. The maximum absolute atomic E-state index is 11.8. The van der Waals surface area contributed by atoms with Crippen LogP contribution in [0.5, 0.6) is 11.6 Å². The Balaban J connectivity index is 1.17. The van der Waals surface area contributed by atoms with Crippen LogP contribution in [0.25, 0.3) is 11.3 Å². The number of sulfone groups is 1. The summed E-state index contributed by atoms with van der Waals surface area (Å²) in [7, 11) is -3.21. The Morgan fingerprint density at radius 2 is 1.91 bits per heavy atom. The van der Waals surface area contributed by atoms with Crippen LogP contribution in [0.1, 0.15) is 38.6 Å². The number of hydrogen-bond donors (Lipinski definition) is 1. The second kappa shape index (κ2) is 14.9. The van der Waals surface area contributed by atoms with Crippen molar-refractivity contribution in [2.75, 3.05) is 50.2 Å². The lowest BCUT2D eigenvalue weighted by Gasteiger charge is -2.38. The first kappa shape index (κ1) is 33.1. The summed E-state index contributed by atoms with van der Waals surface area (Å²) >= 11 is 6.46. The summed E-state index contributed by atoms with van der Waals surface area (Å²) in [6, 6.07) is 7.99. The van der Waals surface area contributed by atoms with Gasteiger partial charge >= 0.3 is 0 Å². The van der Waals surface area contributed by atoms with Crippen LogP contribution in [0.15, 0.2) is 43.0 Å². The number of hydrogen-bond acceptors (Lipinski definition) is 13. The Morgan fingerprint density at radius 1 is 1.13 bits per heavy atom. The molecule has 1 N–H and O–H groups in total. The van der Waals surface area contributed by atoms with Crippen LogP contribution in [0.3, 0.4) is 0 Å². The highest BCUT2D eigenvalue weighted by Gasteiger charge is 2.29. The molecule has 1 aliphatic carbocycles. The molecule has 4 aromatic rings. The minimum absolute atomic E-state index is 0.0193. The van der Waals surface area contributed by atoms with Gasteiger partial charge < -0.3 is 19.5 Å². The Labute approximate surface area is 278 Å². The lowest BCUT2D eigenvalue weighted by Crippen LogP contribution is -2.45. The van der Waals surface area contributed by atoms with E-state index < -0.39 is 9.84 Å². The van der Waals surface area contributed by atoms with Gasteiger partial charge in [0.05, 0.1) is 48.5 Å². The maximum atomic E-state index is 11.8. The van der Waals surface area contributed by atoms with Crippen molar-refractivity contribution in [2.45, 2.75) is 57.3 Å². The summed E-state index contributed by atoms with van der Waals surface area (Å²) in [6.07, 6.45) is 10.1. The van der Waals surface area contributed by atoms with Crippen LogP contribution >= 0.6 is 11.6 Å². The molecule has 1 saturated heterocycles. The van der Waals surface area contributed by atoms with Gasteiger partial charge in [-0.05, 0) is 61.2 Å². The largest absolute Gasteiger partial charge is 0.487 e. The van der Waals surface area contributed by atoms with Crippen LogP contribution < -0.4 is 14.8 Å². The monoisotopic (exact) mass is 686 g/mol. The Bertz CT molecular complexity index is 1720. The zero-order valence-corrected chi connectivity index (χ0v) is 28.0. The van der Waals surface area contributed by atoms with Crippen molar-refractivity contribution in [3.05, 3.63) is 48.0 Å². The van der Waals surface area contributed by atoms with Crippen molar-refractivity contribution >= 4 is 33.1 Å². The highest BCUT2D eigenvalue weighted by Crippen LogP contribution is 2.35. The first-order chi connectivity index (χ1) is 22.7. The SMILES string of the molecule is C[C@@H](Cn1cnnn1)Oc1cc(-c2ccnc(Nc3cn(C4CCC(N5CCOCC5)CC4)nc3OCCS(C)(=O)=O)n2)ccc1Cl. The van der Waals surface area contributed by atoms with Gasteiger partial charge in [0, 0.05) is 37.1 Å². The molecule has 1 aromatic carbocycles. The van der Waals surface area contributed by atoms with E-state index >= 15 is 0 Å². The minimum Gasteiger partial charge on any atom is -0.487 e. The molecule has 0 unspecified atom stereocenters. The van der Waals surface area contributed by atoms with E-state index in [9.17, 15) is 8.42 Å². The summed E-state index contributed by atoms with van der Waals surface area (Å²) < 4.78 is 44.6. The molecule has 6 rings (SSSR count). The molecule has 0 bridgehead atoms. The van der Waals surface area contributed by atoms with Crippen LogP contribution in [-0.4, -0.2) is 110 Å². The fourth-order valence-electron chi connectivity index (χ4n) is 5.91. The second-order valence-electron chi connectivity index (χ2n) is 11.9. The number of anilines is 2. The number of rotatable bonds is 13. The molecular formula is C30H39ClN10O5S. The fourth-order valence-corrected chi connectivity index (χ4v) is 6.46. The number of morpholine rings is 1. The van der Waals surface area contributed by atoms with E-state index in [1.165, 1.54) is 12.6 Å². The molecule has 0 amide bonds. The van der Waals surface area contributed by atoms with Crippen molar-refractivity contribution in [3.63, 3.8) is 0 Å². The number of nitrogens with one attached hydrogen (secondary N) is 1. The Morgan fingerprint density at radius 3 is 2.66 bits per heavy atom. The Hall–Kier alpha value is -3.86. The zero-order valence-electron chi connectivity index (χ0n) is 26.4. The normalized spacial score (nSPS) is 19.7. The van der Waals surface area contributed by atoms with Gasteiger partial charge in [-0.1, -0.05) is 17.7 Å². The molecule has 1 saturated carbocycles. The molecular weight excluding hydrogens is 648 g/mol. The Kier molecular flexibility index (Phi) is 10.5. The van der Waals surface area contributed by atoms with Crippen LogP contribution in [0.2, 0.25) is 5.02 Å². The molecule has 0 spiro atoms. The summed E-state index contributed by atoms with van der Waals surface area (Å²) in [5.74, 6) is 1.02. The molecule has 252 valence electrons. The highest BCUT2D eigenvalue weighted by molar-refractivity contribution is 7.90. The second-order valence-corrected chi connectivity index (χ2v) is 14.6. The van der Waals surface area contributed by atoms with Gasteiger partial charge in [-0.3, -0.25) is 9.58 Å². The third-order valence-electron chi connectivity index (χ3n) is 8.29. The molecule has 17 heteroatoms. The number of aromatic nitrogens is 8. The van der Waals surface area contributed by atoms with Crippen molar-refractivity contribution in [1.82, 2.24) is 44.9 Å². The lowest BCUT2D eigenvalue weighted by molar-refractivity contribution is 0.00503. The topological polar surface area (TPSA) is 164 Å². The standard InChI is InChI=1S/C30H39ClN10O5S/c1-21(18-40-20-33-37-38-40)46-28-17-22(3-8-25(28)31)26-9-10-32-30(34-26)35-27-19-41(36-29(27)45-15-16-47(2,42)43)24-6-4-23(5-7-24)39-11-13-44-14-12-39/h3,8-10,17,19-21,23-24H,4-7,11-16,18H2,1-2H3,(H,32,34,35)/t21-,23?,24?/m0/s1. The zero-order chi connectivity index (χ0) is 32.8. The third-order valence-corrected chi connectivity index (χ3v) is 9.51. The van der Waals surface area contributed by atoms with Crippen LogP contribution in [0.4, 0.5) is 11.6 Å². The van der Waals surface area contributed by atoms with E-state index in [-0.39, 0.29) is 24.5 Å². The number of nitrogens with zero attached hydrogens (tertiary/aromatic N) is 9. The van der Waals surface area contributed by atoms with Gasteiger partial charge in [0.15, 0.2) is 9.84 Å². The van der Waals surface area contributed by atoms with Crippen molar-refractivity contribution in [2.24, 2.45) is 0 Å². The van der Waals surface area contributed by atoms with Gasteiger partial charge in [0.2, 0.25) is 5.95 Å². The van der Waals surface area contributed by atoms with E-state index in [1.54, 1.807) is 23.0 Å². The lowest BCUT2D eigenvalue weighted by atomic mass is 9.90. The molecule has 2 aliphatic rings. The molecule has 2 fully saturated rings. The molecule has 1 atom stereocenters. The van der Waals surface area contributed by atoms with E-state index in [1.807, 2.05) is 29.9 Å². The van der Waals surface area contributed by atoms with E-state index in [0.717, 1.165) is 57.6 Å². The number of ether oxygens (including phenoxy) is 3. The molecule has 47 heavy (non-hydrogen) atoms. The maximum Gasteiger partial charge on any atom is 0.256 e. The predicted molar refractivity (Wildman–Crippen MR) is 175 cm³/mol. The van der Waals surface area contributed by atoms with Crippen LogP contribution in [-0.2, 0) is 21.1 Å². The minimum atomic E-state index is -3.21. The van der Waals surface area contributed by atoms with E-state index in [0.29, 0.717) is 46.6 Å². The summed E-state index contributed by atoms with van der Waals surface area (Å²) in [6.45, 7) is 5.88. The van der Waals surface area contributed by atoms with E-state index in [2.05, 4.69) is 30.7 Å². The average molecular weight is 687 g/mol. The van der Waals surface area contributed by atoms with Crippen molar-refractivity contribution in [3.8, 4) is 22.9 Å². The van der Waals surface area contributed by atoms with Crippen LogP contribution in [0, 0.1) is 0 Å². The summed E-state index contributed by atoms with van der Waals surface area (Å²) in [4.78, 5) is 11.7. The molecule has 0 radical (unpaired) electrons. The van der Waals surface area contributed by atoms with Gasteiger partial charge in [0.1, 0.15) is 30.5 Å². The molecule has 15 nitrogen and oxygen atoms in total. The van der Waals surface area contributed by atoms with Crippen molar-refractivity contribution in [1.29, 1.82) is 0 Å². The van der Waals surface area contributed by atoms with Gasteiger partial charge in [-0.2, -0.15) is 0 Å². The number of tetrazole rings is 1. The quantitative estimate of drug-likeness (QED) is 0.218. The smallest absolute Gasteiger partial charge is 0.256 e. The van der Waals surface area contributed by atoms with E-state index in [4.69, 9.17) is 35.9 Å². The van der Waals surface area contributed by atoms with Gasteiger partial charge in [0.25, 0.3) is 5.88 Å². The first-order valence-electron chi connectivity index (χ1n) is 15.7. The summed E-state index contributed by atoms with van der Waals surface area (Å²) in [5, 5.41) is 19.7. The van der Waals surface area contributed by atoms with Crippen molar-refractivity contribution < 1.29 is 22.6 Å². The molecule has 1 aliphatic heterocycles. The first-order valence-corrected chi connectivity index (χ1v) is 18.1. The average Bonchev–Trinajstić information content (AvgIpc) is 3.72. The molecule has 3 aromatic heterocycles. The summed E-state index contributed by atoms with van der Waals surface area (Å²) in [5.41, 5.74) is 1.98.